The maximum atomic E-state index is 10.2. The van der Waals surface area contributed by atoms with E-state index in [2.05, 4.69) is 35.1 Å². The highest BCUT2D eigenvalue weighted by Crippen LogP contribution is 2.45. The van der Waals surface area contributed by atoms with Crippen LogP contribution >= 0.6 is 0 Å². The van der Waals surface area contributed by atoms with E-state index in [9.17, 15) is 5.11 Å². The number of allylic oxidation sites excluding steroid dienone is 1. The van der Waals surface area contributed by atoms with Gasteiger partial charge in [-0.05, 0) is 31.6 Å². The molecule has 0 aliphatic heterocycles. The summed E-state index contributed by atoms with van der Waals surface area (Å²) in [5, 5.41) is 17.7. The number of aryl methyl sites for hydroxylation is 1. The molecular formula is C18H29N3O2. The number of aliphatic hydroxyl groups is 1. The van der Waals surface area contributed by atoms with Gasteiger partial charge in [-0.15, -0.1) is 0 Å². The number of methoxy groups -OCH3 is 1. The first kappa shape index (κ1) is 16.7. The van der Waals surface area contributed by atoms with Crippen LogP contribution in [0.15, 0.2) is 11.6 Å². The molecule has 2 aliphatic rings. The molecule has 128 valence electrons. The number of ether oxygens (including phenoxy) is 1. The van der Waals surface area contributed by atoms with Crippen molar-refractivity contribution >= 4 is 0 Å². The summed E-state index contributed by atoms with van der Waals surface area (Å²) in [5.74, 6) is 3.47. The van der Waals surface area contributed by atoms with Crippen LogP contribution in [0.25, 0.3) is 0 Å². The Bertz CT molecular complexity index is 550. The van der Waals surface area contributed by atoms with Gasteiger partial charge in [0, 0.05) is 25.4 Å². The van der Waals surface area contributed by atoms with Gasteiger partial charge in [-0.2, -0.15) is 5.10 Å². The van der Waals surface area contributed by atoms with Crippen molar-refractivity contribution in [2.75, 3.05) is 7.11 Å². The van der Waals surface area contributed by atoms with Crippen molar-refractivity contribution in [1.82, 2.24) is 15.2 Å². The quantitative estimate of drug-likeness (QED) is 0.624. The minimum Gasteiger partial charge on any atom is -0.367 e. The zero-order valence-corrected chi connectivity index (χ0v) is 14.5. The van der Waals surface area contributed by atoms with Gasteiger partial charge in [0.15, 0.2) is 12.1 Å². The van der Waals surface area contributed by atoms with E-state index in [1.165, 1.54) is 31.3 Å². The molecule has 0 amide bonds. The van der Waals surface area contributed by atoms with Crippen molar-refractivity contribution < 1.29 is 9.84 Å². The van der Waals surface area contributed by atoms with Crippen molar-refractivity contribution in [3.63, 3.8) is 0 Å². The smallest absolute Gasteiger partial charge is 0.160 e. The van der Waals surface area contributed by atoms with E-state index in [0.717, 1.165) is 30.4 Å². The number of rotatable bonds is 6. The fourth-order valence-electron chi connectivity index (χ4n) is 3.99. The van der Waals surface area contributed by atoms with Gasteiger partial charge in [0.25, 0.3) is 0 Å². The van der Waals surface area contributed by atoms with Crippen LogP contribution in [0.1, 0.15) is 63.5 Å². The fraction of sp³-hybridized carbons (Fsp3) is 0.778. The van der Waals surface area contributed by atoms with Crippen molar-refractivity contribution in [3.8, 4) is 0 Å². The molecule has 2 N–H and O–H groups in total. The molecule has 0 bridgehead atoms. The summed E-state index contributed by atoms with van der Waals surface area (Å²) in [6, 6.07) is 0. The van der Waals surface area contributed by atoms with Crippen LogP contribution in [0.5, 0.6) is 0 Å². The minimum absolute atomic E-state index is 0.0335. The molecule has 1 fully saturated rings. The lowest BCUT2D eigenvalue weighted by molar-refractivity contribution is -0.108. The molecule has 1 saturated carbocycles. The Morgan fingerprint density at radius 3 is 2.78 bits per heavy atom. The summed E-state index contributed by atoms with van der Waals surface area (Å²) in [5.41, 5.74) is 1.24. The second kappa shape index (κ2) is 7.14. The predicted molar refractivity (Wildman–Crippen MR) is 88.8 cm³/mol. The van der Waals surface area contributed by atoms with Crippen molar-refractivity contribution in [3.05, 3.63) is 23.3 Å². The van der Waals surface area contributed by atoms with Crippen LogP contribution in [-0.2, 0) is 11.2 Å². The lowest BCUT2D eigenvalue weighted by atomic mass is 9.68. The van der Waals surface area contributed by atoms with E-state index in [0.29, 0.717) is 5.92 Å². The number of aliphatic hydroxyl groups excluding tert-OH is 1. The first-order chi connectivity index (χ1) is 11.1. The molecular weight excluding hydrogens is 290 g/mol. The second-order valence-electron chi connectivity index (χ2n) is 7.18. The molecule has 23 heavy (non-hydrogen) atoms. The van der Waals surface area contributed by atoms with Gasteiger partial charge in [0.2, 0.25) is 0 Å². The van der Waals surface area contributed by atoms with E-state index in [-0.39, 0.29) is 11.8 Å². The highest BCUT2D eigenvalue weighted by atomic mass is 16.6. The standard InChI is InChI=1S/C18H29N3O2/c1-4-16-19-17(21-20-16)15-10-14(18(22)23-3)11(2)8-13(15)9-12-6-5-7-12/h8,12-15,18,22H,4-7,9-10H2,1-3H3,(H,19,20,21). The van der Waals surface area contributed by atoms with Crippen LogP contribution in [-0.4, -0.2) is 33.7 Å². The summed E-state index contributed by atoms with van der Waals surface area (Å²) < 4.78 is 5.19. The first-order valence-corrected chi connectivity index (χ1v) is 8.92. The molecule has 1 heterocycles. The minimum atomic E-state index is -0.747. The molecule has 5 nitrogen and oxygen atoms in total. The fourth-order valence-corrected chi connectivity index (χ4v) is 3.99. The molecule has 1 aromatic heterocycles. The highest BCUT2D eigenvalue weighted by molar-refractivity contribution is 5.19. The molecule has 0 saturated heterocycles. The van der Waals surface area contributed by atoms with Gasteiger partial charge in [-0.3, -0.25) is 5.10 Å². The van der Waals surface area contributed by atoms with Crippen LogP contribution in [0.3, 0.4) is 0 Å². The third kappa shape index (κ3) is 3.50. The number of hydrogen-bond acceptors (Lipinski definition) is 4. The number of aromatic amines is 1. The number of H-pyrrole nitrogens is 1. The molecule has 5 heteroatoms. The molecule has 2 aliphatic carbocycles. The Balaban J connectivity index is 1.84. The SMILES string of the molecule is CCc1nc(C2CC(C(O)OC)C(C)=CC2CC2CCC2)n[nH]1. The van der Waals surface area contributed by atoms with Gasteiger partial charge in [-0.1, -0.05) is 37.8 Å². The normalized spacial score (nSPS) is 29.9. The molecule has 4 unspecified atom stereocenters. The maximum Gasteiger partial charge on any atom is 0.160 e. The summed E-state index contributed by atoms with van der Waals surface area (Å²) in [6.45, 7) is 4.20. The van der Waals surface area contributed by atoms with E-state index in [1.807, 2.05) is 0 Å². The molecule has 1 aromatic rings. The lowest BCUT2D eigenvalue weighted by Crippen LogP contribution is -2.32. The summed E-state index contributed by atoms with van der Waals surface area (Å²) >= 11 is 0. The van der Waals surface area contributed by atoms with Crippen molar-refractivity contribution in [1.29, 1.82) is 0 Å². The summed E-state index contributed by atoms with van der Waals surface area (Å²) in [7, 11) is 1.56. The third-order valence-electron chi connectivity index (χ3n) is 5.72. The number of hydrogen-bond donors (Lipinski definition) is 2. The largest absolute Gasteiger partial charge is 0.367 e. The molecule has 3 rings (SSSR count). The van der Waals surface area contributed by atoms with Gasteiger partial charge in [0.1, 0.15) is 5.82 Å². The zero-order valence-electron chi connectivity index (χ0n) is 14.5. The molecule has 0 spiro atoms. The summed E-state index contributed by atoms with van der Waals surface area (Å²) in [6.07, 6.45) is 8.62. The topological polar surface area (TPSA) is 71.0 Å². The Hall–Kier alpha value is -1.20. The number of nitrogens with zero attached hydrogens (tertiary/aromatic N) is 2. The third-order valence-corrected chi connectivity index (χ3v) is 5.72. The Labute approximate surface area is 138 Å². The van der Waals surface area contributed by atoms with E-state index in [4.69, 9.17) is 4.74 Å². The van der Waals surface area contributed by atoms with E-state index < -0.39 is 6.29 Å². The highest BCUT2D eigenvalue weighted by Gasteiger charge is 2.37. The Kier molecular flexibility index (Phi) is 5.17. The Morgan fingerprint density at radius 1 is 1.43 bits per heavy atom. The Morgan fingerprint density at radius 2 is 2.22 bits per heavy atom. The van der Waals surface area contributed by atoms with E-state index in [1.54, 1.807) is 7.11 Å². The molecule has 0 aromatic carbocycles. The van der Waals surface area contributed by atoms with E-state index >= 15 is 0 Å². The van der Waals surface area contributed by atoms with Gasteiger partial charge in [0.05, 0.1) is 0 Å². The summed E-state index contributed by atoms with van der Waals surface area (Å²) in [4.78, 5) is 4.68. The van der Waals surface area contributed by atoms with Gasteiger partial charge >= 0.3 is 0 Å². The van der Waals surface area contributed by atoms with Gasteiger partial charge < -0.3 is 9.84 Å². The van der Waals surface area contributed by atoms with Crippen LogP contribution in [0.4, 0.5) is 0 Å². The number of aromatic nitrogens is 3. The van der Waals surface area contributed by atoms with Crippen LogP contribution in [0.2, 0.25) is 0 Å². The molecule has 0 radical (unpaired) electrons. The average molecular weight is 319 g/mol. The maximum absolute atomic E-state index is 10.2. The zero-order chi connectivity index (χ0) is 16.4. The predicted octanol–water partition coefficient (Wildman–Crippen LogP) is 3.19. The van der Waals surface area contributed by atoms with Crippen LogP contribution in [0, 0.1) is 17.8 Å². The molecule has 4 atom stereocenters. The first-order valence-electron chi connectivity index (χ1n) is 8.92. The second-order valence-corrected chi connectivity index (χ2v) is 7.18. The number of nitrogens with one attached hydrogen (secondary N) is 1. The average Bonchev–Trinajstić information content (AvgIpc) is 2.99. The van der Waals surface area contributed by atoms with Gasteiger partial charge in [-0.25, -0.2) is 4.98 Å². The van der Waals surface area contributed by atoms with Crippen molar-refractivity contribution in [2.45, 2.75) is 64.6 Å². The lowest BCUT2D eigenvalue weighted by Gasteiger charge is -2.38. The van der Waals surface area contributed by atoms with Crippen molar-refractivity contribution in [2.24, 2.45) is 17.8 Å². The van der Waals surface area contributed by atoms with Crippen LogP contribution < -0.4 is 0 Å². The monoisotopic (exact) mass is 319 g/mol.